The van der Waals surface area contributed by atoms with Crippen molar-refractivity contribution in [1.82, 2.24) is 20.4 Å². The summed E-state index contributed by atoms with van der Waals surface area (Å²) in [5.41, 5.74) is 0.131. The lowest BCUT2D eigenvalue weighted by molar-refractivity contribution is -0.137. The van der Waals surface area contributed by atoms with Crippen molar-refractivity contribution in [2.75, 3.05) is 13.1 Å². The molecule has 2 aromatic carbocycles. The Morgan fingerprint density at radius 3 is 2.60 bits per heavy atom. The van der Waals surface area contributed by atoms with Gasteiger partial charge in [-0.1, -0.05) is 23.4 Å². The molecule has 0 spiro atoms. The van der Waals surface area contributed by atoms with Crippen LogP contribution in [-0.4, -0.2) is 45.7 Å². The molecule has 1 aromatic heterocycles. The number of carbonyl (C=O) groups is 1. The summed E-state index contributed by atoms with van der Waals surface area (Å²) in [5.74, 6) is 0.447. The first-order valence-electron chi connectivity index (χ1n) is 11.3. The number of hydrogen-bond donors (Lipinski definition) is 1. The van der Waals surface area contributed by atoms with Gasteiger partial charge in [0.2, 0.25) is 5.91 Å². The van der Waals surface area contributed by atoms with E-state index in [4.69, 9.17) is 9.26 Å². The highest BCUT2D eigenvalue weighted by Crippen LogP contribution is 2.32. The summed E-state index contributed by atoms with van der Waals surface area (Å²) < 4.78 is 49.8. The minimum absolute atomic E-state index is 0.148. The Bertz CT molecular complexity index is 1150. The van der Waals surface area contributed by atoms with E-state index in [2.05, 4.69) is 15.5 Å². The number of nitrogens with zero attached hydrogens (tertiary/aromatic N) is 3. The molecule has 0 bridgehead atoms. The van der Waals surface area contributed by atoms with Crippen LogP contribution < -0.4 is 10.1 Å². The topological polar surface area (TPSA) is 80.5 Å². The first kappa shape index (κ1) is 24.7. The van der Waals surface area contributed by atoms with E-state index in [0.29, 0.717) is 25.4 Å². The molecule has 2 heterocycles. The van der Waals surface area contributed by atoms with Crippen LogP contribution >= 0.6 is 0 Å². The van der Waals surface area contributed by atoms with Crippen LogP contribution in [0.25, 0.3) is 11.5 Å². The first-order chi connectivity index (χ1) is 16.5. The lowest BCUT2D eigenvalue weighted by Crippen LogP contribution is -2.54. The number of hydrogen-bond acceptors (Lipinski definition) is 6. The molecule has 0 aliphatic carbocycles. The van der Waals surface area contributed by atoms with Crippen molar-refractivity contribution in [2.24, 2.45) is 0 Å². The second-order valence-corrected chi connectivity index (χ2v) is 9.12. The zero-order valence-electron chi connectivity index (χ0n) is 19.7. The fourth-order valence-corrected chi connectivity index (χ4v) is 4.09. The molecule has 1 unspecified atom stereocenters. The van der Waals surface area contributed by atoms with Crippen molar-refractivity contribution in [3.63, 3.8) is 0 Å². The third-order valence-corrected chi connectivity index (χ3v) is 6.32. The molecule has 4 rings (SSSR count). The van der Waals surface area contributed by atoms with E-state index in [1.54, 1.807) is 0 Å². The molecule has 1 aliphatic heterocycles. The van der Waals surface area contributed by atoms with Gasteiger partial charge in [0.25, 0.3) is 5.89 Å². The van der Waals surface area contributed by atoms with Gasteiger partial charge in [0, 0.05) is 18.7 Å². The van der Waals surface area contributed by atoms with E-state index in [9.17, 15) is 18.0 Å². The zero-order chi connectivity index (χ0) is 25.2. The van der Waals surface area contributed by atoms with Crippen molar-refractivity contribution >= 4 is 5.91 Å². The minimum Gasteiger partial charge on any atom is -0.489 e. The fourth-order valence-electron chi connectivity index (χ4n) is 4.09. The average Bonchev–Trinajstić information content (AvgIpc) is 3.52. The van der Waals surface area contributed by atoms with Crippen LogP contribution in [0.5, 0.6) is 5.75 Å². The Kier molecular flexibility index (Phi) is 6.84. The second-order valence-electron chi connectivity index (χ2n) is 9.12. The normalized spacial score (nSPS) is 17.8. The Labute approximate surface area is 201 Å². The van der Waals surface area contributed by atoms with Gasteiger partial charge < -0.3 is 14.6 Å². The lowest BCUT2D eigenvalue weighted by Gasteiger charge is -2.35. The van der Waals surface area contributed by atoms with Gasteiger partial charge in [-0.3, -0.25) is 9.69 Å². The van der Waals surface area contributed by atoms with Gasteiger partial charge >= 0.3 is 6.18 Å². The summed E-state index contributed by atoms with van der Waals surface area (Å²) in [5, 5.41) is 6.66. The molecule has 2 atom stereocenters. The molecule has 186 valence electrons. The Morgan fingerprint density at radius 2 is 1.94 bits per heavy atom. The summed E-state index contributed by atoms with van der Waals surface area (Å²) in [7, 11) is 0. The van der Waals surface area contributed by atoms with Crippen LogP contribution in [0.1, 0.15) is 44.4 Å². The molecule has 10 heteroatoms. The molecule has 0 radical (unpaired) electrons. The van der Waals surface area contributed by atoms with Gasteiger partial charge in [0.15, 0.2) is 6.33 Å². The quantitative estimate of drug-likeness (QED) is 0.512. The molecular formula is C25H27F3N4O3. The average molecular weight is 489 g/mol. The van der Waals surface area contributed by atoms with Crippen LogP contribution in [0.15, 0.2) is 59.4 Å². The summed E-state index contributed by atoms with van der Waals surface area (Å²) in [6, 6.07) is 12.1. The predicted molar refractivity (Wildman–Crippen MR) is 122 cm³/mol. The number of carbonyl (C=O) groups excluding carboxylic acids is 1. The van der Waals surface area contributed by atoms with Crippen LogP contribution in [0, 0.1) is 0 Å². The van der Waals surface area contributed by atoms with Crippen molar-refractivity contribution in [1.29, 1.82) is 0 Å². The number of amides is 1. The SMILES string of the molecule is CC(NC(=O)C(C)(C)N1CC[C@@H](Oc2cccc(C(F)(F)F)c2)C1)c1ccc(-c2ncno2)cc1. The number of rotatable bonds is 7. The fraction of sp³-hybridized carbons (Fsp3) is 0.400. The van der Waals surface area contributed by atoms with Crippen molar-refractivity contribution in [3.05, 3.63) is 66.0 Å². The summed E-state index contributed by atoms with van der Waals surface area (Å²) in [4.78, 5) is 19.2. The molecule has 0 saturated carbocycles. The number of likely N-dealkylation sites (tertiary alicyclic amines) is 1. The summed E-state index contributed by atoms with van der Waals surface area (Å²) >= 11 is 0. The maximum atomic E-state index is 13.2. The van der Waals surface area contributed by atoms with Crippen molar-refractivity contribution < 1.29 is 27.2 Å². The predicted octanol–water partition coefficient (Wildman–Crippen LogP) is 4.86. The number of nitrogens with one attached hydrogen (secondary N) is 1. The molecule has 3 aromatic rings. The van der Waals surface area contributed by atoms with Gasteiger partial charge in [-0.15, -0.1) is 0 Å². The molecule has 1 amide bonds. The van der Waals surface area contributed by atoms with E-state index in [-0.39, 0.29) is 23.8 Å². The zero-order valence-corrected chi connectivity index (χ0v) is 19.7. The number of alkyl halides is 3. The monoisotopic (exact) mass is 488 g/mol. The van der Waals surface area contributed by atoms with E-state index in [1.807, 2.05) is 49.9 Å². The highest BCUT2D eigenvalue weighted by Gasteiger charge is 2.40. The number of halogens is 3. The molecular weight excluding hydrogens is 461 g/mol. The minimum atomic E-state index is -4.43. The largest absolute Gasteiger partial charge is 0.489 e. The highest BCUT2D eigenvalue weighted by atomic mass is 19.4. The molecule has 1 aliphatic rings. The van der Waals surface area contributed by atoms with Gasteiger partial charge in [0.1, 0.15) is 11.9 Å². The van der Waals surface area contributed by atoms with Crippen LogP contribution in [0.2, 0.25) is 0 Å². The molecule has 1 N–H and O–H groups in total. The number of benzene rings is 2. The van der Waals surface area contributed by atoms with E-state index in [1.165, 1.54) is 18.5 Å². The molecule has 1 saturated heterocycles. The highest BCUT2D eigenvalue weighted by molar-refractivity contribution is 5.85. The van der Waals surface area contributed by atoms with E-state index in [0.717, 1.165) is 23.3 Å². The maximum Gasteiger partial charge on any atom is 0.416 e. The van der Waals surface area contributed by atoms with Gasteiger partial charge in [-0.2, -0.15) is 18.2 Å². The van der Waals surface area contributed by atoms with Crippen LogP contribution in [0.4, 0.5) is 13.2 Å². The summed E-state index contributed by atoms with van der Waals surface area (Å²) in [6.45, 7) is 6.60. The smallest absolute Gasteiger partial charge is 0.416 e. The van der Waals surface area contributed by atoms with Gasteiger partial charge in [-0.25, -0.2) is 0 Å². The Morgan fingerprint density at radius 1 is 1.20 bits per heavy atom. The van der Waals surface area contributed by atoms with E-state index < -0.39 is 17.3 Å². The second kappa shape index (κ2) is 9.69. The third kappa shape index (κ3) is 5.64. The van der Waals surface area contributed by atoms with Crippen molar-refractivity contribution in [2.45, 2.75) is 51.1 Å². The molecule has 1 fully saturated rings. The Balaban J connectivity index is 1.35. The van der Waals surface area contributed by atoms with Gasteiger partial charge in [-0.05, 0) is 63.1 Å². The Hall–Kier alpha value is -3.40. The maximum absolute atomic E-state index is 13.2. The molecule has 35 heavy (non-hydrogen) atoms. The van der Waals surface area contributed by atoms with Gasteiger partial charge in [0.05, 0.1) is 17.1 Å². The third-order valence-electron chi connectivity index (χ3n) is 6.32. The van der Waals surface area contributed by atoms with Crippen molar-refractivity contribution in [3.8, 4) is 17.2 Å². The standard InChI is InChI=1S/C25H27F3N4O3/c1-16(17-7-9-18(10-8-17)22-29-15-30-35-22)31-23(33)24(2,3)32-12-11-21(14-32)34-20-6-4-5-19(13-20)25(26,27)28/h4-10,13,15-16,21H,11-12,14H2,1-3H3,(H,31,33)/t16?,21-/m1/s1. The van der Waals surface area contributed by atoms with Crippen LogP contribution in [-0.2, 0) is 11.0 Å². The van der Waals surface area contributed by atoms with Crippen LogP contribution in [0.3, 0.4) is 0 Å². The number of ether oxygens (including phenoxy) is 1. The first-order valence-corrected chi connectivity index (χ1v) is 11.3. The molecule has 7 nitrogen and oxygen atoms in total. The lowest BCUT2D eigenvalue weighted by atomic mass is 10.00. The van der Waals surface area contributed by atoms with E-state index >= 15 is 0 Å². The summed E-state index contributed by atoms with van der Waals surface area (Å²) in [6.07, 6.45) is -2.79. The number of aromatic nitrogens is 2.